The highest BCUT2D eigenvalue weighted by Crippen LogP contribution is 2.25. The minimum Gasteiger partial charge on any atom is -0.496 e. The van der Waals surface area contributed by atoms with Crippen molar-refractivity contribution >= 4 is 28.3 Å². The molecule has 0 bridgehead atoms. The van der Waals surface area contributed by atoms with Crippen LogP contribution in [0.25, 0.3) is 11.3 Å². The average molecular weight is 396 g/mol. The van der Waals surface area contributed by atoms with E-state index in [1.54, 1.807) is 12.1 Å². The standard InChI is InChI=1S/C21H20N2O4S/c1-13-9-10-18(26-3)16(11-13)20(25)27-14(2)19(24)23-21-22-17(12-28-21)15-7-5-4-6-8-15/h4-12,14H,1-3H3,(H,22,23,24)/t14-/m0/s1. The first-order valence-corrected chi connectivity index (χ1v) is 9.53. The zero-order chi connectivity index (χ0) is 20.1. The molecule has 1 amide bonds. The number of carbonyl (C=O) groups excluding carboxylic acids is 2. The number of nitrogens with zero attached hydrogens (tertiary/aromatic N) is 1. The Kier molecular flexibility index (Phi) is 6.06. The summed E-state index contributed by atoms with van der Waals surface area (Å²) in [6.07, 6.45) is -0.984. The molecule has 3 rings (SSSR count). The van der Waals surface area contributed by atoms with Gasteiger partial charge >= 0.3 is 5.97 Å². The Morgan fingerprint density at radius 2 is 1.89 bits per heavy atom. The van der Waals surface area contributed by atoms with Gasteiger partial charge in [-0.1, -0.05) is 42.0 Å². The van der Waals surface area contributed by atoms with Crippen molar-refractivity contribution in [3.05, 3.63) is 65.0 Å². The first kappa shape index (κ1) is 19.6. The number of aryl methyl sites for hydroxylation is 1. The largest absolute Gasteiger partial charge is 0.496 e. The van der Waals surface area contributed by atoms with E-state index >= 15 is 0 Å². The lowest BCUT2D eigenvalue weighted by atomic mass is 10.1. The van der Waals surface area contributed by atoms with Gasteiger partial charge in [0.05, 0.1) is 12.8 Å². The molecule has 7 heteroatoms. The summed E-state index contributed by atoms with van der Waals surface area (Å²) < 4.78 is 10.5. The second-order valence-electron chi connectivity index (χ2n) is 6.14. The summed E-state index contributed by atoms with van der Waals surface area (Å²) in [5.74, 6) is -0.670. The van der Waals surface area contributed by atoms with E-state index < -0.39 is 18.0 Å². The van der Waals surface area contributed by atoms with Gasteiger partial charge in [0.15, 0.2) is 11.2 Å². The molecule has 0 unspecified atom stereocenters. The predicted octanol–water partition coefficient (Wildman–Crippen LogP) is 4.31. The fourth-order valence-electron chi connectivity index (χ4n) is 2.54. The van der Waals surface area contributed by atoms with Crippen LogP contribution in [-0.4, -0.2) is 30.1 Å². The Labute approximate surface area is 167 Å². The topological polar surface area (TPSA) is 77.5 Å². The number of hydrogen-bond acceptors (Lipinski definition) is 6. The Morgan fingerprint density at radius 3 is 2.61 bits per heavy atom. The highest BCUT2D eigenvalue weighted by molar-refractivity contribution is 7.14. The zero-order valence-corrected chi connectivity index (χ0v) is 16.6. The summed E-state index contributed by atoms with van der Waals surface area (Å²) in [4.78, 5) is 29.2. The van der Waals surface area contributed by atoms with Crippen LogP contribution in [0.2, 0.25) is 0 Å². The molecule has 1 N–H and O–H groups in total. The smallest absolute Gasteiger partial charge is 0.342 e. The van der Waals surface area contributed by atoms with Gasteiger partial charge in [-0.15, -0.1) is 11.3 Å². The Hall–Kier alpha value is -3.19. The van der Waals surface area contributed by atoms with Crippen LogP contribution in [0.15, 0.2) is 53.9 Å². The second kappa shape index (κ2) is 8.67. The van der Waals surface area contributed by atoms with Crippen LogP contribution >= 0.6 is 11.3 Å². The number of esters is 1. The van der Waals surface area contributed by atoms with Gasteiger partial charge in [-0.2, -0.15) is 0 Å². The number of rotatable bonds is 6. The molecule has 0 aliphatic rings. The Balaban J connectivity index is 1.65. The van der Waals surface area contributed by atoms with Gasteiger partial charge in [-0.25, -0.2) is 9.78 Å². The third-order valence-electron chi connectivity index (χ3n) is 4.03. The van der Waals surface area contributed by atoms with Gasteiger partial charge in [0.1, 0.15) is 11.3 Å². The van der Waals surface area contributed by atoms with Crippen molar-refractivity contribution in [1.82, 2.24) is 4.98 Å². The lowest BCUT2D eigenvalue weighted by Gasteiger charge is -2.14. The molecule has 0 fully saturated rings. The molecule has 6 nitrogen and oxygen atoms in total. The van der Waals surface area contributed by atoms with Crippen LogP contribution < -0.4 is 10.1 Å². The summed E-state index contributed by atoms with van der Waals surface area (Å²) in [6, 6.07) is 14.9. The van der Waals surface area contributed by atoms with Crippen LogP contribution in [0.1, 0.15) is 22.8 Å². The zero-order valence-electron chi connectivity index (χ0n) is 15.8. The van der Waals surface area contributed by atoms with Gasteiger partial charge in [-0.3, -0.25) is 10.1 Å². The van der Waals surface area contributed by atoms with E-state index in [2.05, 4.69) is 10.3 Å². The summed E-state index contributed by atoms with van der Waals surface area (Å²) in [5, 5.41) is 4.99. The molecule has 0 spiro atoms. The summed E-state index contributed by atoms with van der Waals surface area (Å²) in [6.45, 7) is 3.38. The summed E-state index contributed by atoms with van der Waals surface area (Å²) in [5.41, 5.74) is 2.91. The fraction of sp³-hybridized carbons (Fsp3) is 0.190. The number of amides is 1. The third-order valence-corrected chi connectivity index (χ3v) is 4.79. The Morgan fingerprint density at radius 1 is 1.14 bits per heavy atom. The molecule has 3 aromatic rings. The van der Waals surface area contributed by atoms with Crippen LogP contribution in [0.4, 0.5) is 5.13 Å². The number of hydrogen-bond donors (Lipinski definition) is 1. The Bertz CT molecular complexity index is 985. The minimum atomic E-state index is -0.984. The van der Waals surface area contributed by atoms with Crippen molar-refractivity contribution in [3.8, 4) is 17.0 Å². The molecule has 0 saturated carbocycles. The average Bonchev–Trinajstić information content (AvgIpc) is 3.17. The molecule has 1 aromatic heterocycles. The van der Waals surface area contributed by atoms with Crippen molar-refractivity contribution in [2.24, 2.45) is 0 Å². The van der Waals surface area contributed by atoms with Gasteiger partial charge in [0.2, 0.25) is 0 Å². The number of thiazole rings is 1. The van der Waals surface area contributed by atoms with Gasteiger partial charge in [-0.05, 0) is 26.0 Å². The lowest BCUT2D eigenvalue weighted by Crippen LogP contribution is -2.30. The fourth-order valence-corrected chi connectivity index (χ4v) is 3.26. The third kappa shape index (κ3) is 4.55. The molecular weight excluding hydrogens is 376 g/mol. The van der Waals surface area contributed by atoms with Gasteiger partial charge in [0.25, 0.3) is 5.91 Å². The molecule has 28 heavy (non-hydrogen) atoms. The normalized spacial score (nSPS) is 11.5. The molecule has 0 aliphatic carbocycles. The number of aromatic nitrogens is 1. The van der Waals surface area contributed by atoms with Crippen molar-refractivity contribution in [2.45, 2.75) is 20.0 Å². The molecular formula is C21H20N2O4S. The maximum absolute atomic E-state index is 12.4. The van der Waals surface area contributed by atoms with Crippen molar-refractivity contribution in [1.29, 1.82) is 0 Å². The molecule has 144 valence electrons. The SMILES string of the molecule is COc1ccc(C)cc1C(=O)O[C@@H](C)C(=O)Nc1nc(-c2ccccc2)cs1. The van der Waals surface area contributed by atoms with Crippen molar-refractivity contribution in [3.63, 3.8) is 0 Å². The molecule has 0 saturated heterocycles. The van der Waals surface area contributed by atoms with E-state index in [9.17, 15) is 9.59 Å². The van der Waals surface area contributed by atoms with Crippen molar-refractivity contribution < 1.29 is 19.1 Å². The maximum Gasteiger partial charge on any atom is 0.342 e. The molecule has 1 heterocycles. The molecule has 1 atom stereocenters. The van der Waals surface area contributed by atoms with E-state index in [0.29, 0.717) is 10.9 Å². The number of nitrogens with one attached hydrogen (secondary N) is 1. The van der Waals surface area contributed by atoms with Gasteiger partial charge < -0.3 is 9.47 Å². The van der Waals surface area contributed by atoms with E-state index in [4.69, 9.17) is 9.47 Å². The first-order valence-electron chi connectivity index (χ1n) is 8.65. The number of carbonyl (C=O) groups is 2. The number of methoxy groups -OCH3 is 1. The molecule has 2 aromatic carbocycles. The first-order chi connectivity index (χ1) is 13.5. The van der Waals surface area contributed by atoms with Crippen molar-refractivity contribution in [2.75, 3.05) is 12.4 Å². The summed E-state index contributed by atoms with van der Waals surface area (Å²) >= 11 is 1.31. The van der Waals surface area contributed by atoms with Crippen LogP contribution in [-0.2, 0) is 9.53 Å². The number of anilines is 1. The van der Waals surface area contributed by atoms with E-state index in [-0.39, 0.29) is 5.56 Å². The molecule has 0 aliphatic heterocycles. The maximum atomic E-state index is 12.4. The summed E-state index contributed by atoms with van der Waals surface area (Å²) in [7, 11) is 1.48. The number of benzene rings is 2. The van der Waals surface area contributed by atoms with Crippen LogP contribution in [0.5, 0.6) is 5.75 Å². The predicted molar refractivity (Wildman–Crippen MR) is 109 cm³/mol. The molecule has 0 radical (unpaired) electrons. The highest BCUT2D eigenvalue weighted by atomic mass is 32.1. The highest BCUT2D eigenvalue weighted by Gasteiger charge is 2.22. The quantitative estimate of drug-likeness (QED) is 0.628. The minimum absolute atomic E-state index is 0.280. The van der Waals surface area contributed by atoms with Gasteiger partial charge in [0, 0.05) is 10.9 Å². The number of ether oxygens (including phenoxy) is 2. The second-order valence-corrected chi connectivity index (χ2v) is 7.00. The van der Waals surface area contributed by atoms with E-state index in [1.165, 1.54) is 25.4 Å². The monoisotopic (exact) mass is 396 g/mol. The van der Waals surface area contributed by atoms with Crippen LogP contribution in [0, 0.1) is 6.92 Å². The lowest BCUT2D eigenvalue weighted by molar-refractivity contribution is -0.123. The van der Waals surface area contributed by atoms with Crippen LogP contribution in [0.3, 0.4) is 0 Å². The van der Waals surface area contributed by atoms with E-state index in [1.807, 2.05) is 48.7 Å². The van der Waals surface area contributed by atoms with E-state index in [0.717, 1.165) is 16.8 Å².